The van der Waals surface area contributed by atoms with Crippen LogP contribution in [0.25, 0.3) is 0 Å². The third-order valence-electron chi connectivity index (χ3n) is 2.72. The minimum absolute atomic E-state index is 0.188. The molecular formula is C10H21N3O. The molecule has 0 aromatic heterocycles. The van der Waals surface area contributed by atoms with Crippen molar-refractivity contribution in [3.8, 4) is 0 Å². The van der Waals surface area contributed by atoms with Gasteiger partial charge in [-0.05, 0) is 33.5 Å². The zero-order valence-electron chi connectivity index (χ0n) is 9.18. The number of rotatable bonds is 4. The van der Waals surface area contributed by atoms with Crippen LogP contribution in [0.5, 0.6) is 0 Å². The molecule has 4 heteroatoms. The fourth-order valence-electron chi connectivity index (χ4n) is 1.74. The summed E-state index contributed by atoms with van der Waals surface area (Å²) in [7, 11) is 1.97. The molecule has 1 rings (SSSR count). The number of carbonyl (C=O) groups is 1. The lowest BCUT2D eigenvalue weighted by atomic mass is 10.2. The predicted octanol–water partition coefficient (Wildman–Crippen LogP) is -0.194. The van der Waals surface area contributed by atoms with Gasteiger partial charge in [0.1, 0.15) is 0 Å². The molecule has 0 aromatic carbocycles. The Kier molecular flexibility index (Phi) is 4.90. The second-order valence-corrected chi connectivity index (χ2v) is 3.90. The number of hydrogen-bond acceptors (Lipinski definition) is 3. The molecule has 0 saturated carbocycles. The Morgan fingerprint density at radius 1 is 1.64 bits per heavy atom. The van der Waals surface area contributed by atoms with Gasteiger partial charge in [-0.3, -0.25) is 9.69 Å². The summed E-state index contributed by atoms with van der Waals surface area (Å²) in [6.45, 7) is 5.99. The van der Waals surface area contributed by atoms with E-state index in [0.29, 0.717) is 12.5 Å². The lowest BCUT2D eigenvalue weighted by molar-refractivity contribution is -0.120. The van der Waals surface area contributed by atoms with E-state index in [0.717, 1.165) is 32.6 Å². The summed E-state index contributed by atoms with van der Waals surface area (Å²) in [5, 5.41) is 6.06. The molecule has 0 aromatic rings. The van der Waals surface area contributed by atoms with Crippen LogP contribution >= 0.6 is 0 Å². The molecule has 1 saturated heterocycles. The molecule has 1 aliphatic heterocycles. The first kappa shape index (κ1) is 11.5. The first-order valence-corrected chi connectivity index (χ1v) is 5.39. The fraction of sp³-hybridized carbons (Fsp3) is 0.900. The van der Waals surface area contributed by atoms with Crippen LogP contribution in [-0.4, -0.2) is 50.1 Å². The molecule has 0 spiro atoms. The predicted molar refractivity (Wildman–Crippen MR) is 57.2 cm³/mol. The molecule has 14 heavy (non-hydrogen) atoms. The van der Waals surface area contributed by atoms with E-state index in [1.54, 1.807) is 0 Å². The van der Waals surface area contributed by atoms with Gasteiger partial charge >= 0.3 is 0 Å². The van der Waals surface area contributed by atoms with Gasteiger partial charge in [-0.25, -0.2) is 0 Å². The van der Waals surface area contributed by atoms with E-state index >= 15 is 0 Å². The summed E-state index contributed by atoms with van der Waals surface area (Å²) in [6.07, 6.45) is 1.79. The van der Waals surface area contributed by atoms with Crippen LogP contribution in [0.4, 0.5) is 0 Å². The van der Waals surface area contributed by atoms with E-state index in [-0.39, 0.29) is 5.91 Å². The number of carbonyl (C=O) groups excluding carboxylic acids is 1. The highest BCUT2D eigenvalue weighted by Crippen LogP contribution is 2.04. The minimum Gasteiger partial charge on any atom is -0.355 e. The Morgan fingerprint density at radius 2 is 2.43 bits per heavy atom. The molecule has 0 bridgehead atoms. The summed E-state index contributed by atoms with van der Waals surface area (Å²) >= 11 is 0. The van der Waals surface area contributed by atoms with Crippen molar-refractivity contribution in [2.45, 2.75) is 25.8 Å². The van der Waals surface area contributed by atoms with Gasteiger partial charge in [0.2, 0.25) is 5.91 Å². The molecule has 2 N–H and O–H groups in total. The third-order valence-corrected chi connectivity index (χ3v) is 2.72. The van der Waals surface area contributed by atoms with Crippen LogP contribution in [0.2, 0.25) is 0 Å². The average molecular weight is 199 g/mol. The van der Waals surface area contributed by atoms with E-state index in [9.17, 15) is 4.79 Å². The Hall–Kier alpha value is -0.610. The summed E-state index contributed by atoms with van der Waals surface area (Å²) in [5.74, 6) is 0.188. The maximum absolute atomic E-state index is 11.2. The van der Waals surface area contributed by atoms with Gasteiger partial charge in [0.05, 0.1) is 0 Å². The van der Waals surface area contributed by atoms with Crippen molar-refractivity contribution in [2.24, 2.45) is 0 Å². The van der Waals surface area contributed by atoms with Crippen LogP contribution in [0.15, 0.2) is 0 Å². The quantitative estimate of drug-likeness (QED) is 0.617. The molecule has 1 aliphatic rings. The molecule has 1 heterocycles. The van der Waals surface area contributed by atoms with Crippen LogP contribution < -0.4 is 10.6 Å². The van der Waals surface area contributed by atoms with Gasteiger partial charge < -0.3 is 10.6 Å². The zero-order valence-corrected chi connectivity index (χ0v) is 9.18. The first-order valence-electron chi connectivity index (χ1n) is 5.39. The van der Waals surface area contributed by atoms with Gasteiger partial charge in [-0.15, -0.1) is 0 Å². The van der Waals surface area contributed by atoms with E-state index in [1.165, 1.54) is 0 Å². The van der Waals surface area contributed by atoms with Crippen molar-refractivity contribution < 1.29 is 4.79 Å². The summed E-state index contributed by atoms with van der Waals surface area (Å²) in [6, 6.07) is 0.471. The zero-order chi connectivity index (χ0) is 10.4. The minimum atomic E-state index is 0.188. The highest BCUT2D eigenvalue weighted by molar-refractivity contribution is 5.76. The van der Waals surface area contributed by atoms with Gasteiger partial charge in [-0.1, -0.05) is 0 Å². The third kappa shape index (κ3) is 3.64. The second kappa shape index (κ2) is 5.98. The Bertz CT molecular complexity index is 184. The van der Waals surface area contributed by atoms with Gasteiger partial charge in [0, 0.05) is 25.6 Å². The lowest BCUT2D eigenvalue weighted by Crippen LogP contribution is -2.38. The van der Waals surface area contributed by atoms with Crippen molar-refractivity contribution in [3.63, 3.8) is 0 Å². The monoisotopic (exact) mass is 199 g/mol. The fourth-order valence-corrected chi connectivity index (χ4v) is 1.74. The Morgan fingerprint density at radius 3 is 3.14 bits per heavy atom. The molecule has 4 nitrogen and oxygen atoms in total. The standard InChI is InChI=1S/C10H21N3O/c1-9-8-12-10(14)4-7-13(9)6-3-5-11-2/h9,11H,3-8H2,1-2H3,(H,12,14). The van der Waals surface area contributed by atoms with Crippen LogP contribution in [-0.2, 0) is 4.79 Å². The molecule has 1 fully saturated rings. The molecule has 0 aliphatic carbocycles. The summed E-state index contributed by atoms with van der Waals surface area (Å²) in [4.78, 5) is 13.5. The van der Waals surface area contributed by atoms with E-state index in [4.69, 9.17) is 0 Å². The number of nitrogens with zero attached hydrogens (tertiary/aromatic N) is 1. The molecule has 1 atom stereocenters. The molecular weight excluding hydrogens is 178 g/mol. The van der Waals surface area contributed by atoms with Crippen molar-refractivity contribution in [1.29, 1.82) is 0 Å². The molecule has 0 radical (unpaired) electrons. The Labute approximate surface area is 86.0 Å². The largest absolute Gasteiger partial charge is 0.355 e. The number of amides is 1. The SMILES string of the molecule is CNCCCN1CCC(=O)NCC1C. The van der Waals surface area contributed by atoms with Crippen molar-refractivity contribution >= 4 is 5.91 Å². The van der Waals surface area contributed by atoms with Gasteiger partial charge in [0.25, 0.3) is 0 Å². The normalized spacial score (nSPS) is 24.4. The highest BCUT2D eigenvalue weighted by Gasteiger charge is 2.18. The summed E-state index contributed by atoms with van der Waals surface area (Å²) < 4.78 is 0. The topological polar surface area (TPSA) is 44.4 Å². The summed E-state index contributed by atoms with van der Waals surface area (Å²) in [5.41, 5.74) is 0. The highest BCUT2D eigenvalue weighted by atomic mass is 16.1. The van der Waals surface area contributed by atoms with E-state index in [1.807, 2.05) is 7.05 Å². The average Bonchev–Trinajstić information content (AvgIpc) is 2.33. The Balaban J connectivity index is 2.30. The number of hydrogen-bond donors (Lipinski definition) is 2. The maximum atomic E-state index is 11.2. The molecule has 1 unspecified atom stereocenters. The van der Waals surface area contributed by atoms with E-state index in [2.05, 4.69) is 22.5 Å². The van der Waals surface area contributed by atoms with Gasteiger partial charge in [0.15, 0.2) is 0 Å². The van der Waals surface area contributed by atoms with E-state index < -0.39 is 0 Å². The maximum Gasteiger partial charge on any atom is 0.221 e. The molecule has 1 amide bonds. The molecule has 82 valence electrons. The smallest absolute Gasteiger partial charge is 0.221 e. The van der Waals surface area contributed by atoms with Crippen molar-refractivity contribution in [1.82, 2.24) is 15.5 Å². The van der Waals surface area contributed by atoms with Crippen molar-refractivity contribution in [3.05, 3.63) is 0 Å². The lowest BCUT2D eigenvalue weighted by Gasteiger charge is -2.25. The van der Waals surface area contributed by atoms with Crippen molar-refractivity contribution in [2.75, 3.05) is 33.2 Å². The van der Waals surface area contributed by atoms with Gasteiger partial charge in [-0.2, -0.15) is 0 Å². The van der Waals surface area contributed by atoms with Crippen LogP contribution in [0, 0.1) is 0 Å². The second-order valence-electron chi connectivity index (χ2n) is 3.90. The number of nitrogens with one attached hydrogen (secondary N) is 2. The van der Waals surface area contributed by atoms with Crippen LogP contribution in [0.3, 0.4) is 0 Å². The first-order chi connectivity index (χ1) is 6.74. The van der Waals surface area contributed by atoms with Crippen LogP contribution in [0.1, 0.15) is 19.8 Å².